The number of likely N-dealkylation sites (tertiary alicyclic amines) is 1. The van der Waals surface area contributed by atoms with Gasteiger partial charge >= 0.3 is 0 Å². The molecule has 1 atom stereocenters. The molecule has 1 unspecified atom stereocenters. The molecule has 1 aliphatic carbocycles. The van der Waals surface area contributed by atoms with Crippen LogP contribution < -0.4 is 5.43 Å². The number of nitrogens with zero attached hydrogens (tertiary/aromatic N) is 6. The number of aromatic nitrogens is 1. The zero-order valence-electron chi connectivity index (χ0n) is 20.5. The van der Waals surface area contributed by atoms with Crippen LogP contribution in [0.5, 0.6) is 0 Å². The van der Waals surface area contributed by atoms with E-state index < -0.39 is 11.6 Å². The van der Waals surface area contributed by atoms with Crippen LogP contribution in [-0.2, 0) is 5.41 Å². The number of pyridine rings is 1. The average molecular weight is 496 g/mol. The van der Waals surface area contributed by atoms with E-state index in [1.807, 2.05) is 24.1 Å². The predicted molar refractivity (Wildman–Crippen MR) is 140 cm³/mol. The molecule has 1 aromatic heterocycles. The third kappa shape index (κ3) is 3.44. The summed E-state index contributed by atoms with van der Waals surface area (Å²) in [6.45, 7) is 3.27. The molecule has 1 saturated heterocycles. The smallest absolute Gasteiger partial charge is 0.256 e. The van der Waals surface area contributed by atoms with Gasteiger partial charge in [-0.15, -0.1) is 0 Å². The van der Waals surface area contributed by atoms with Gasteiger partial charge in [-0.25, -0.2) is 14.4 Å². The Morgan fingerprint density at radius 1 is 1.08 bits per heavy atom. The van der Waals surface area contributed by atoms with Crippen molar-refractivity contribution in [2.75, 3.05) is 13.1 Å². The molecular formula is C28H26FN7O. The summed E-state index contributed by atoms with van der Waals surface area (Å²) < 4.78 is 15.1. The highest BCUT2D eigenvalue weighted by Gasteiger charge is 2.57. The second kappa shape index (κ2) is 7.93. The number of carbonyl (C=O) groups is 1. The van der Waals surface area contributed by atoms with E-state index in [2.05, 4.69) is 28.6 Å². The van der Waals surface area contributed by atoms with Crippen molar-refractivity contribution in [3.8, 4) is 0 Å². The Morgan fingerprint density at radius 2 is 1.92 bits per heavy atom. The summed E-state index contributed by atoms with van der Waals surface area (Å²) in [6, 6.07) is 15.0. The standard InChI is InChI=1S/C28H26FN7O/c1-27-31-17-24(19-6-8-21(22(29)16-19)25(37)35-13-2-3-14-35)33-36(27)26(32-34-27)28(10-11-28)20-7-9-23-18(15-20)5-4-12-30-23/h4-9,12,15-17,34H,2-3,10-11,13-14H2,1H3. The molecule has 0 radical (unpaired) electrons. The van der Waals surface area contributed by atoms with Gasteiger partial charge in [0.25, 0.3) is 5.91 Å². The summed E-state index contributed by atoms with van der Waals surface area (Å²) in [5, 5.41) is 12.5. The maximum absolute atomic E-state index is 15.1. The molecule has 1 N–H and O–H groups in total. The lowest BCUT2D eigenvalue weighted by atomic mass is 9.92. The lowest BCUT2D eigenvalue weighted by Crippen LogP contribution is -2.52. The zero-order valence-corrected chi connectivity index (χ0v) is 20.5. The highest BCUT2D eigenvalue weighted by atomic mass is 19.1. The fraction of sp³-hybridized carbons (Fsp3) is 0.321. The first-order valence-corrected chi connectivity index (χ1v) is 12.7. The SMILES string of the molecule is CC12N=CC(c3ccc(C(=O)N4CCCC4)c(F)c3)=NN1C(C1(c3ccc4ncccc4c3)CC1)=NN2. The van der Waals surface area contributed by atoms with Crippen LogP contribution in [0.15, 0.2) is 69.9 Å². The van der Waals surface area contributed by atoms with E-state index in [1.165, 1.54) is 11.6 Å². The summed E-state index contributed by atoms with van der Waals surface area (Å²) in [5.41, 5.74) is 6.18. The molecule has 2 fully saturated rings. The van der Waals surface area contributed by atoms with Crippen molar-refractivity contribution in [2.45, 2.75) is 43.8 Å². The molecule has 3 aliphatic heterocycles. The first-order valence-electron chi connectivity index (χ1n) is 12.7. The minimum Gasteiger partial charge on any atom is -0.339 e. The van der Waals surface area contributed by atoms with Gasteiger partial charge in [0.05, 0.1) is 22.7 Å². The van der Waals surface area contributed by atoms with Crippen molar-refractivity contribution in [1.82, 2.24) is 20.3 Å². The summed E-state index contributed by atoms with van der Waals surface area (Å²) in [4.78, 5) is 23.6. The molecule has 0 spiro atoms. The quantitative estimate of drug-likeness (QED) is 0.593. The van der Waals surface area contributed by atoms with E-state index in [-0.39, 0.29) is 16.9 Å². The number of benzene rings is 2. The van der Waals surface area contributed by atoms with E-state index in [4.69, 9.17) is 15.2 Å². The number of hydrogen-bond donors (Lipinski definition) is 1. The van der Waals surface area contributed by atoms with Gasteiger partial charge in [0.2, 0.25) is 5.79 Å². The molecule has 3 aromatic rings. The van der Waals surface area contributed by atoms with Gasteiger partial charge < -0.3 is 4.90 Å². The van der Waals surface area contributed by atoms with Crippen molar-refractivity contribution in [3.05, 3.63) is 77.2 Å². The van der Waals surface area contributed by atoms with Gasteiger partial charge in [0, 0.05) is 37.2 Å². The molecule has 4 aliphatic rings. The number of nitrogens with one attached hydrogen (secondary N) is 1. The molecule has 0 bridgehead atoms. The lowest BCUT2D eigenvalue weighted by Gasteiger charge is -2.34. The van der Waals surface area contributed by atoms with Gasteiger partial charge in [-0.2, -0.15) is 10.2 Å². The molecule has 4 heterocycles. The van der Waals surface area contributed by atoms with Crippen molar-refractivity contribution < 1.29 is 9.18 Å². The molecule has 8 nitrogen and oxygen atoms in total. The first kappa shape index (κ1) is 22.1. The number of halogens is 1. The fourth-order valence-corrected chi connectivity index (χ4v) is 5.53. The van der Waals surface area contributed by atoms with Gasteiger partial charge in [-0.05, 0) is 61.6 Å². The second-order valence-corrected chi connectivity index (χ2v) is 10.3. The Morgan fingerprint density at radius 3 is 2.70 bits per heavy atom. The number of aliphatic imine (C=N–C) groups is 1. The zero-order chi connectivity index (χ0) is 25.2. The maximum Gasteiger partial charge on any atom is 0.256 e. The number of rotatable bonds is 4. The van der Waals surface area contributed by atoms with Crippen LogP contribution in [0.1, 0.15) is 54.1 Å². The van der Waals surface area contributed by atoms with Gasteiger partial charge in [-0.1, -0.05) is 18.2 Å². The van der Waals surface area contributed by atoms with Crippen LogP contribution in [-0.4, -0.2) is 57.4 Å². The van der Waals surface area contributed by atoms with Crippen LogP contribution in [0, 0.1) is 5.82 Å². The highest BCUT2D eigenvalue weighted by Crippen LogP contribution is 2.52. The molecule has 37 heavy (non-hydrogen) atoms. The van der Waals surface area contributed by atoms with Crippen molar-refractivity contribution in [3.63, 3.8) is 0 Å². The van der Waals surface area contributed by atoms with Gasteiger partial charge in [0.15, 0.2) is 5.84 Å². The van der Waals surface area contributed by atoms with Crippen LogP contribution in [0.3, 0.4) is 0 Å². The predicted octanol–water partition coefficient (Wildman–Crippen LogP) is 4.02. The first-order chi connectivity index (χ1) is 18.0. The average Bonchev–Trinajstić information content (AvgIpc) is 3.37. The Balaban J connectivity index is 1.21. The minimum absolute atomic E-state index is 0.0941. The van der Waals surface area contributed by atoms with E-state index in [0.29, 0.717) is 24.4 Å². The lowest BCUT2D eigenvalue weighted by molar-refractivity contribution is 0.0788. The van der Waals surface area contributed by atoms with Gasteiger partial charge in [-0.3, -0.25) is 15.2 Å². The number of hydrogen-bond acceptors (Lipinski definition) is 7. The van der Waals surface area contributed by atoms with E-state index in [9.17, 15) is 4.79 Å². The van der Waals surface area contributed by atoms with Crippen LogP contribution in [0.25, 0.3) is 10.9 Å². The van der Waals surface area contributed by atoms with Crippen molar-refractivity contribution in [2.24, 2.45) is 15.2 Å². The summed E-state index contributed by atoms with van der Waals surface area (Å²) >= 11 is 0. The van der Waals surface area contributed by atoms with Crippen LogP contribution in [0.4, 0.5) is 4.39 Å². The van der Waals surface area contributed by atoms with Gasteiger partial charge in [0.1, 0.15) is 11.5 Å². The third-order valence-electron chi connectivity index (χ3n) is 7.85. The number of fused-ring (bicyclic) bond motifs is 2. The number of amidine groups is 1. The second-order valence-electron chi connectivity index (χ2n) is 10.3. The van der Waals surface area contributed by atoms with Crippen LogP contribution >= 0.6 is 0 Å². The summed E-state index contributed by atoms with van der Waals surface area (Å²) in [5.74, 6) is -0.853. The third-order valence-corrected chi connectivity index (χ3v) is 7.85. The van der Waals surface area contributed by atoms with Crippen molar-refractivity contribution in [1.29, 1.82) is 0 Å². The van der Waals surface area contributed by atoms with E-state index in [0.717, 1.165) is 42.4 Å². The summed E-state index contributed by atoms with van der Waals surface area (Å²) in [6.07, 6.45) is 7.25. The molecule has 7 rings (SSSR count). The Kier molecular flexibility index (Phi) is 4.73. The van der Waals surface area contributed by atoms with E-state index >= 15 is 4.39 Å². The normalized spacial score (nSPS) is 23.5. The number of amides is 1. The molecule has 2 aromatic carbocycles. The molecule has 186 valence electrons. The van der Waals surface area contributed by atoms with E-state index in [1.54, 1.807) is 29.4 Å². The highest BCUT2D eigenvalue weighted by molar-refractivity contribution is 6.38. The molecular weight excluding hydrogens is 469 g/mol. The van der Waals surface area contributed by atoms with Crippen LogP contribution in [0.2, 0.25) is 0 Å². The molecule has 1 amide bonds. The minimum atomic E-state index is -0.850. The maximum atomic E-state index is 15.1. The summed E-state index contributed by atoms with van der Waals surface area (Å²) in [7, 11) is 0. The largest absolute Gasteiger partial charge is 0.339 e. The number of hydrazone groups is 2. The fourth-order valence-electron chi connectivity index (χ4n) is 5.53. The monoisotopic (exact) mass is 495 g/mol. The molecule has 1 saturated carbocycles. The number of carbonyl (C=O) groups excluding carboxylic acids is 1. The molecule has 9 heteroatoms. The Bertz CT molecular complexity index is 1540. The Hall–Kier alpha value is -4.14. The van der Waals surface area contributed by atoms with Crippen molar-refractivity contribution >= 4 is 34.6 Å². The Labute approximate surface area is 213 Å². The topological polar surface area (TPSA) is 85.6 Å².